The second-order valence-electron chi connectivity index (χ2n) is 2.65. The smallest absolute Gasteiger partial charge is 0.339 e. The van der Waals surface area contributed by atoms with Gasteiger partial charge in [-0.3, -0.25) is 0 Å². The van der Waals surface area contributed by atoms with Crippen LogP contribution in [-0.4, -0.2) is 20.2 Å². The Morgan fingerprint density at radius 1 is 1.47 bits per heavy atom. The van der Waals surface area contributed by atoms with E-state index in [4.69, 9.17) is 10.00 Å². The Hall–Kier alpha value is -1.67. The summed E-state index contributed by atoms with van der Waals surface area (Å²) in [6, 6.07) is 4.92. The van der Waals surface area contributed by atoms with Crippen LogP contribution >= 0.6 is 12.6 Å². The molecule has 4 nitrogen and oxygen atoms in total. The number of rotatable bonds is 2. The highest BCUT2D eigenvalue weighted by Crippen LogP contribution is 2.30. The standard InChI is InChI=1S/C10H9NO3S/c1-13-8-6(5-11)3-4-7(9(8)15)10(12)14-2/h3-4,15H,1-2H3. The van der Waals surface area contributed by atoms with Gasteiger partial charge in [0.15, 0.2) is 5.75 Å². The van der Waals surface area contributed by atoms with Gasteiger partial charge in [-0.05, 0) is 12.1 Å². The number of methoxy groups -OCH3 is 2. The van der Waals surface area contributed by atoms with Crippen molar-refractivity contribution in [3.8, 4) is 11.8 Å². The second kappa shape index (κ2) is 4.71. The highest BCUT2D eigenvalue weighted by molar-refractivity contribution is 7.80. The topological polar surface area (TPSA) is 59.3 Å². The summed E-state index contributed by atoms with van der Waals surface area (Å²) >= 11 is 4.13. The monoisotopic (exact) mass is 223 g/mol. The lowest BCUT2D eigenvalue weighted by Crippen LogP contribution is -2.04. The van der Waals surface area contributed by atoms with Gasteiger partial charge in [-0.15, -0.1) is 12.6 Å². The molecule has 0 aromatic heterocycles. The largest absolute Gasteiger partial charge is 0.494 e. The van der Waals surface area contributed by atoms with Crippen LogP contribution in [-0.2, 0) is 4.74 Å². The SMILES string of the molecule is COC(=O)c1ccc(C#N)c(OC)c1S. The molecule has 0 atom stereocenters. The lowest BCUT2D eigenvalue weighted by atomic mass is 10.1. The predicted octanol–water partition coefficient (Wildman–Crippen LogP) is 1.64. The van der Waals surface area contributed by atoms with Crippen LogP contribution in [0.15, 0.2) is 17.0 Å². The summed E-state index contributed by atoms with van der Waals surface area (Å²) in [6.07, 6.45) is 0. The van der Waals surface area contributed by atoms with E-state index in [9.17, 15) is 4.79 Å². The molecular weight excluding hydrogens is 214 g/mol. The Kier molecular flexibility index (Phi) is 3.58. The van der Waals surface area contributed by atoms with Crippen LogP contribution in [0.1, 0.15) is 15.9 Å². The molecule has 0 bridgehead atoms. The van der Waals surface area contributed by atoms with Gasteiger partial charge in [-0.1, -0.05) is 0 Å². The molecule has 0 aliphatic rings. The van der Waals surface area contributed by atoms with E-state index in [0.29, 0.717) is 10.5 Å². The molecule has 0 fully saturated rings. The summed E-state index contributed by atoms with van der Waals surface area (Å²) in [5, 5.41) is 8.78. The van der Waals surface area contributed by atoms with Crippen LogP contribution in [0.5, 0.6) is 5.75 Å². The Morgan fingerprint density at radius 3 is 2.60 bits per heavy atom. The molecule has 0 aliphatic carbocycles. The van der Waals surface area contributed by atoms with E-state index in [0.717, 1.165) is 0 Å². The summed E-state index contributed by atoms with van der Waals surface area (Å²) in [4.78, 5) is 11.6. The van der Waals surface area contributed by atoms with Gasteiger partial charge in [0.2, 0.25) is 0 Å². The summed E-state index contributed by atoms with van der Waals surface area (Å²) in [7, 11) is 2.69. The van der Waals surface area contributed by atoms with Crippen molar-refractivity contribution in [1.82, 2.24) is 0 Å². The van der Waals surface area contributed by atoms with Crippen LogP contribution in [0.4, 0.5) is 0 Å². The quantitative estimate of drug-likeness (QED) is 0.611. The van der Waals surface area contributed by atoms with Crippen LogP contribution in [0.3, 0.4) is 0 Å². The zero-order chi connectivity index (χ0) is 11.4. The number of carbonyl (C=O) groups is 1. The molecule has 1 rings (SSSR count). The van der Waals surface area contributed by atoms with Crippen LogP contribution in [0, 0.1) is 11.3 Å². The summed E-state index contributed by atoms with van der Waals surface area (Å²) in [5.74, 6) is -0.230. The first-order valence-corrected chi connectivity index (χ1v) is 4.48. The third-order valence-corrected chi connectivity index (χ3v) is 2.31. The predicted molar refractivity (Wildman–Crippen MR) is 56.3 cm³/mol. The maximum atomic E-state index is 11.3. The van der Waals surface area contributed by atoms with E-state index in [1.807, 2.05) is 6.07 Å². The molecule has 1 aromatic carbocycles. The van der Waals surface area contributed by atoms with Crippen LogP contribution in [0.25, 0.3) is 0 Å². The van der Waals surface area contributed by atoms with Crippen molar-refractivity contribution in [2.45, 2.75) is 4.90 Å². The lowest BCUT2D eigenvalue weighted by Gasteiger charge is -2.09. The number of carbonyl (C=O) groups excluding carboxylic acids is 1. The molecule has 0 heterocycles. The van der Waals surface area contributed by atoms with Crippen molar-refractivity contribution >= 4 is 18.6 Å². The van der Waals surface area contributed by atoms with E-state index in [1.54, 1.807) is 0 Å². The number of nitrogens with zero attached hydrogens (tertiary/aromatic N) is 1. The number of hydrogen-bond acceptors (Lipinski definition) is 5. The Morgan fingerprint density at radius 2 is 2.13 bits per heavy atom. The van der Waals surface area contributed by atoms with Crippen molar-refractivity contribution in [1.29, 1.82) is 5.26 Å². The Labute approximate surface area is 92.8 Å². The van der Waals surface area contributed by atoms with Gasteiger partial charge in [-0.2, -0.15) is 5.26 Å². The second-order valence-corrected chi connectivity index (χ2v) is 3.09. The van der Waals surface area contributed by atoms with Gasteiger partial charge < -0.3 is 9.47 Å². The molecule has 0 spiro atoms. The minimum absolute atomic E-state index is 0.275. The van der Waals surface area contributed by atoms with Gasteiger partial charge >= 0.3 is 5.97 Å². The van der Waals surface area contributed by atoms with Crippen molar-refractivity contribution in [2.24, 2.45) is 0 Å². The molecule has 0 N–H and O–H groups in total. The third-order valence-electron chi connectivity index (χ3n) is 1.86. The highest BCUT2D eigenvalue weighted by Gasteiger charge is 2.16. The van der Waals surface area contributed by atoms with Crippen molar-refractivity contribution in [3.05, 3.63) is 23.3 Å². The van der Waals surface area contributed by atoms with Crippen molar-refractivity contribution in [2.75, 3.05) is 14.2 Å². The molecule has 0 unspecified atom stereocenters. The van der Waals surface area contributed by atoms with Crippen LogP contribution < -0.4 is 4.74 Å². The third kappa shape index (κ3) is 2.05. The molecule has 0 saturated heterocycles. The number of ether oxygens (including phenoxy) is 2. The molecule has 5 heteroatoms. The fourth-order valence-corrected chi connectivity index (χ4v) is 1.52. The van der Waals surface area contributed by atoms with Crippen LogP contribution in [0.2, 0.25) is 0 Å². The maximum absolute atomic E-state index is 11.3. The normalized spacial score (nSPS) is 9.20. The zero-order valence-corrected chi connectivity index (χ0v) is 9.17. The number of benzene rings is 1. The zero-order valence-electron chi connectivity index (χ0n) is 8.27. The van der Waals surface area contributed by atoms with E-state index in [1.165, 1.54) is 26.4 Å². The van der Waals surface area contributed by atoms with E-state index in [-0.39, 0.29) is 11.3 Å². The average Bonchev–Trinajstić information content (AvgIpc) is 2.27. The summed E-state index contributed by atoms with van der Waals surface area (Å²) < 4.78 is 9.56. The number of nitriles is 1. The molecule has 0 amide bonds. The fraction of sp³-hybridized carbons (Fsp3) is 0.200. The van der Waals surface area contributed by atoms with E-state index < -0.39 is 5.97 Å². The van der Waals surface area contributed by atoms with Gasteiger partial charge in [0.05, 0.1) is 30.2 Å². The highest BCUT2D eigenvalue weighted by atomic mass is 32.1. The molecule has 15 heavy (non-hydrogen) atoms. The van der Waals surface area contributed by atoms with Crippen molar-refractivity contribution in [3.63, 3.8) is 0 Å². The first-order chi connectivity index (χ1) is 7.15. The molecule has 1 aromatic rings. The fourth-order valence-electron chi connectivity index (χ4n) is 1.14. The Bertz CT molecular complexity index is 437. The van der Waals surface area contributed by atoms with Gasteiger partial charge in [0, 0.05) is 0 Å². The molecule has 0 saturated carbocycles. The van der Waals surface area contributed by atoms with Gasteiger partial charge in [0.1, 0.15) is 6.07 Å². The number of hydrogen-bond donors (Lipinski definition) is 1. The van der Waals surface area contributed by atoms with Crippen molar-refractivity contribution < 1.29 is 14.3 Å². The first-order valence-electron chi connectivity index (χ1n) is 4.04. The van der Waals surface area contributed by atoms with E-state index in [2.05, 4.69) is 17.4 Å². The molecular formula is C10H9NO3S. The number of esters is 1. The molecule has 0 radical (unpaired) electrons. The number of thiol groups is 1. The minimum Gasteiger partial charge on any atom is -0.494 e. The summed E-state index contributed by atoms with van der Waals surface area (Å²) in [6.45, 7) is 0. The lowest BCUT2D eigenvalue weighted by molar-refractivity contribution is 0.0596. The molecule has 0 aliphatic heterocycles. The van der Waals surface area contributed by atoms with E-state index >= 15 is 0 Å². The minimum atomic E-state index is -0.511. The summed E-state index contributed by atoms with van der Waals surface area (Å²) in [5.41, 5.74) is 0.604. The Balaban J connectivity index is 3.37. The first kappa shape index (κ1) is 11.4. The average molecular weight is 223 g/mol. The maximum Gasteiger partial charge on any atom is 0.339 e. The van der Waals surface area contributed by atoms with Gasteiger partial charge in [-0.25, -0.2) is 4.79 Å². The molecule has 78 valence electrons. The van der Waals surface area contributed by atoms with Gasteiger partial charge in [0.25, 0.3) is 0 Å².